The van der Waals surface area contributed by atoms with Crippen molar-refractivity contribution in [1.82, 2.24) is 0 Å². The van der Waals surface area contributed by atoms with Crippen LogP contribution < -0.4 is 15.2 Å². The fourth-order valence-electron chi connectivity index (χ4n) is 2.57. The Hall–Kier alpha value is -1.71. The summed E-state index contributed by atoms with van der Waals surface area (Å²) in [5.41, 5.74) is 8.83. The van der Waals surface area contributed by atoms with Gasteiger partial charge in [0.25, 0.3) is 0 Å². The molecule has 0 aromatic heterocycles. The predicted molar refractivity (Wildman–Crippen MR) is 80.6 cm³/mol. The number of benzene rings is 2. The summed E-state index contributed by atoms with van der Waals surface area (Å²) >= 11 is 6.11. The second kappa shape index (κ2) is 5.35. The lowest BCUT2D eigenvalue weighted by molar-refractivity contribution is 0.242. The van der Waals surface area contributed by atoms with Gasteiger partial charge < -0.3 is 15.2 Å². The van der Waals surface area contributed by atoms with Crippen molar-refractivity contribution in [3.63, 3.8) is 0 Å². The van der Waals surface area contributed by atoms with Gasteiger partial charge in [0, 0.05) is 29.1 Å². The number of nitrogens with two attached hydrogens (primary N) is 1. The molecule has 0 saturated carbocycles. The van der Waals surface area contributed by atoms with Crippen LogP contribution in [0.5, 0.6) is 11.5 Å². The van der Waals surface area contributed by atoms with E-state index in [1.54, 1.807) is 7.11 Å². The van der Waals surface area contributed by atoms with Gasteiger partial charge in [-0.05, 0) is 23.8 Å². The van der Waals surface area contributed by atoms with E-state index < -0.39 is 0 Å². The minimum atomic E-state index is 0.0522. The van der Waals surface area contributed by atoms with E-state index in [-0.39, 0.29) is 6.10 Å². The first kappa shape index (κ1) is 13.3. The lowest BCUT2D eigenvalue weighted by Crippen LogP contribution is -2.24. The molecule has 3 rings (SSSR count). The van der Waals surface area contributed by atoms with Gasteiger partial charge in [-0.15, -0.1) is 0 Å². The lowest BCUT2D eigenvalue weighted by Gasteiger charge is -2.13. The van der Waals surface area contributed by atoms with Crippen molar-refractivity contribution < 1.29 is 9.47 Å². The van der Waals surface area contributed by atoms with Crippen molar-refractivity contribution in [3.05, 3.63) is 47.0 Å². The van der Waals surface area contributed by atoms with E-state index in [0.29, 0.717) is 11.6 Å². The van der Waals surface area contributed by atoms with E-state index in [4.69, 9.17) is 26.8 Å². The topological polar surface area (TPSA) is 44.5 Å². The second-order valence-corrected chi connectivity index (χ2v) is 5.25. The highest BCUT2D eigenvalue weighted by Gasteiger charge is 2.25. The van der Waals surface area contributed by atoms with Gasteiger partial charge in [-0.2, -0.15) is 0 Å². The molecule has 3 nitrogen and oxygen atoms in total. The first-order valence-corrected chi connectivity index (χ1v) is 6.93. The van der Waals surface area contributed by atoms with Crippen molar-refractivity contribution in [1.29, 1.82) is 0 Å². The highest BCUT2D eigenvalue weighted by atomic mass is 35.5. The average molecular weight is 290 g/mol. The van der Waals surface area contributed by atoms with Gasteiger partial charge in [0.2, 0.25) is 0 Å². The number of halogens is 1. The van der Waals surface area contributed by atoms with Crippen molar-refractivity contribution in [3.8, 4) is 22.6 Å². The molecule has 2 aromatic carbocycles. The molecule has 0 bridgehead atoms. The van der Waals surface area contributed by atoms with Gasteiger partial charge in [-0.3, -0.25) is 0 Å². The Labute approximate surface area is 123 Å². The normalized spacial score (nSPS) is 16.6. The van der Waals surface area contributed by atoms with Crippen LogP contribution in [0.15, 0.2) is 36.4 Å². The average Bonchev–Trinajstić information content (AvgIpc) is 2.90. The minimum absolute atomic E-state index is 0.0522. The van der Waals surface area contributed by atoms with Gasteiger partial charge in [-0.1, -0.05) is 29.8 Å². The van der Waals surface area contributed by atoms with E-state index in [1.807, 2.05) is 30.3 Å². The molecule has 1 heterocycles. The van der Waals surface area contributed by atoms with Crippen LogP contribution in [0.25, 0.3) is 11.1 Å². The van der Waals surface area contributed by atoms with Gasteiger partial charge >= 0.3 is 0 Å². The molecule has 0 spiro atoms. The Morgan fingerprint density at radius 1 is 1.30 bits per heavy atom. The molecule has 0 radical (unpaired) electrons. The number of para-hydroxylation sites is 1. The third-order valence-corrected chi connectivity index (χ3v) is 3.78. The first-order chi connectivity index (χ1) is 9.72. The van der Waals surface area contributed by atoms with Crippen LogP contribution in [-0.2, 0) is 6.42 Å². The smallest absolute Gasteiger partial charge is 0.131 e. The minimum Gasteiger partial charge on any atom is -0.496 e. The van der Waals surface area contributed by atoms with Gasteiger partial charge in [0.15, 0.2) is 0 Å². The van der Waals surface area contributed by atoms with Crippen molar-refractivity contribution in [2.45, 2.75) is 12.5 Å². The number of rotatable bonds is 3. The Morgan fingerprint density at radius 2 is 2.15 bits per heavy atom. The van der Waals surface area contributed by atoms with E-state index in [0.717, 1.165) is 29.0 Å². The zero-order chi connectivity index (χ0) is 14.1. The molecule has 0 fully saturated rings. The monoisotopic (exact) mass is 289 g/mol. The quantitative estimate of drug-likeness (QED) is 0.943. The van der Waals surface area contributed by atoms with Crippen molar-refractivity contribution in [2.75, 3.05) is 13.7 Å². The van der Waals surface area contributed by atoms with Crippen molar-refractivity contribution in [2.24, 2.45) is 5.73 Å². The standard InChI is InChI=1S/C16H16ClNO2/c1-19-15-6-5-11(17)8-14(15)13-4-2-3-10-7-12(9-18)20-16(10)13/h2-6,8,12H,7,9,18H2,1H3. The van der Waals surface area contributed by atoms with E-state index in [2.05, 4.69) is 6.07 Å². The summed E-state index contributed by atoms with van der Waals surface area (Å²) < 4.78 is 11.4. The zero-order valence-electron chi connectivity index (χ0n) is 11.2. The summed E-state index contributed by atoms with van der Waals surface area (Å²) in [7, 11) is 1.65. The number of hydrogen-bond donors (Lipinski definition) is 1. The van der Waals surface area contributed by atoms with Crippen LogP contribution in [0.1, 0.15) is 5.56 Å². The number of methoxy groups -OCH3 is 1. The maximum absolute atomic E-state index is 6.11. The molecule has 2 aromatic rings. The molecule has 2 N–H and O–H groups in total. The van der Waals surface area contributed by atoms with Gasteiger partial charge in [0.05, 0.1) is 7.11 Å². The Kier molecular flexibility index (Phi) is 3.55. The molecule has 1 aliphatic rings. The van der Waals surface area contributed by atoms with Crippen LogP contribution in [-0.4, -0.2) is 19.8 Å². The molecule has 1 aliphatic heterocycles. The summed E-state index contributed by atoms with van der Waals surface area (Å²) in [5, 5.41) is 0.673. The first-order valence-electron chi connectivity index (χ1n) is 6.55. The molecular formula is C16H16ClNO2. The largest absolute Gasteiger partial charge is 0.496 e. The summed E-state index contributed by atoms with van der Waals surface area (Å²) in [6.07, 6.45) is 0.902. The molecule has 1 unspecified atom stereocenters. The summed E-state index contributed by atoms with van der Waals surface area (Å²) in [5.74, 6) is 1.67. The fraction of sp³-hybridized carbons (Fsp3) is 0.250. The Bertz CT molecular complexity index is 642. The maximum Gasteiger partial charge on any atom is 0.131 e. The molecule has 0 saturated heterocycles. The maximum atomic E-state index is 6.11. The molecular weight excluding hydrogens is 274 g/mol. The van der Waals surface area contributed by atoms with Crippen LogP contribution in [0.3, 0.4) is 0 Å². The Balaban J connectivity index is 2.13. The highest BCUT2D eigenvalue weighted by molar-refractivity contribution is 6.31. The van der Waals surface area contributed by atoms with E-state index in [9.17, 15) is 0 Å². The summed E-state index contributed by atoms with van der Waals surface area (Å²) in [6.45, 7) is 0.515. The fourth-order valence-corrected chi connectivity index (χ4v) is 2.74. The molecule has 4 heteroatoms. The number of ether oxygens (including phenoxy) is 2. The number of hydrogen-bond acceptors (Lipinski definition) is 3. The Morgan fingerprint density at radius 3 is 2.90 bits per heavy atom. The summed E-state index contributed by atoms with van der Waals surface area (Å²) in [4.78, 5) is 0. The molecule has 0 aliphatic carbocycles. The van der Waals surface area contributed by atoms with Crippen LogP contribution in [0.2, 0.25) is 5.02 Å². The van der Waals surface area contributed by atoms with Crippen LogP contribution >= 0.6 is 11.6 Å². The van der Waals surface area contributed by atoms with Gasteiger partial charge in [0.1, 0.15) is 17.6 Å². The predicted octanol–water partition coefficient (Wildman–Crippen LogP) is 3.28. The van der Waals surface area contributed by atoms with Crippen molar-refractivity contribution >= 4 is 11.6 Å². The molecule has 104 valence electrons. The van der Waals surface area contributed by atoms with E-state index in [1.165, 1.54) is 5.56 Å². The zero-order valence-corrected chi connectivity index (χ0v) is 12.0. The molecule has 0 amide bonds. The third-order valence-electron chi connectivity index (χ3n) is 3.54. The molecule has 1 atom stereocenters. The molecule has 20 heavy (non-hydrogen) atoms. The third kappa shape index (κ3) is 2.23. The summed E-state index contributed by atoms with van der Waals surface area (Å²) in [6, 6.07) is 11.7. The second-order valence-electron chi connectivity index (χ2n) is 4.82. The van der Waals surface area contributed by atoms with Gasteiger partial charge in [-0.25, -0.2) is 0 Å². The van der Waals surface area contributed by atoms with Crippen LogP contribution in [0, 0.1) is 0 Å². The van der Waals surface area contributed by atoms with E-state index >= 15 is 0 Å². The highest BCUT2D eigenvalue weighted by Crippen LogP contribution is 2.42. The lowest BCUT2D eigenvalue weighted by atomic mass is 10.00. The SMILES string of the molecule is COc1ccc(Cl)cc1-c1cccc2c1OC(CN)C2. The van der Waals surface area contributed by atoms with Crippen LogP contribution in [0.4, 0.5) is 0 Å². The number of fused-ring (bicyclic) bond motifs is 1.